The van der Waals surface area contributed by atoms with Crippen molar-refractivity contribution < 1.29 is 23.8 Å². The van der Waals surface area contributed by atoms with Crippen LogP contribution >= 0.6 is 0 Å². The maximum absolute atomic E-state index is 11.4. The van der Waals surface area contributed by atoms with E-state index >= 15 is 0 Å². The predicted molar refractivity (Wildman–Crippen MR) is 126 cm³/mol. The molecule has 1 N–H and O–H groups in total. The molecule has 0 radical (unpaired) electrons. The van der Waals surface area contributed by atoms with E-state index in [2.05, 4.69) is 0 Å². The summed E-state index contributed by atoms with van der Waals surface area (Å²) in [5, 5.41) is 11.3. The van der Waals surface area contributed by atoms with E-state index in [0.717, 1.165) is 22.1 Å². The fourth-order valence-corrected chi connectivity index (χ4v) is 3.16. The Morgan fingerprint density at radius 3 is 2.50 bits per heavy atom. The molecule has 0 spiro atoms. The second kappa shape index (κ2) is 12.1. The van der Waals surface area contributed by atoms with E-state index in [1.807, 2.05) is 52.0 Å². The number of ether oxygens (including phenoxy) is 2. The molecule has 0 saturated carbocycles. The van der Waals surface area contributed by atoms with Gasteiger partial charge in [0.15, 0.2) is 0 Å². The van der Waals surface area contributed by atoms with Crippen molar-refractivity contribution >= 4 is 16.9 Å². The van der Waals surface area contributed by atoms with Gasteiger partial charge in [0, 0.05) is 30.9 Å². The van der Waals surface area contributed by atoms with Gasteiger partial charge in [0.1, 0.15) is 24.0 Å². The zero-order valence-corrected chi connectivity index (χ0v) is 19.4. The molecule has 6 heteroatoms. The third-order valence-electron chi connectivity index (χ3n) is 4.82. The Morgan fingerprint density at radius 2 is 1.81 bits per heavy atom. The highest BCUT2D eigenvalue weighted by atomic mass is 16.5. The predicted octanol–water partition coefficient (Wildman–Crippen LogP) is 5.10. The van der Waals surface area contributed by atoms with Gasteiger partial charge < -0.3 is 19.0 Å². The van der Waals surface area contributed by atoms with Crippen molar-refractivity contribution in [1.82, 2.24) is 0 Å². The molecule has 0 fully saturated rings. The molecule has 2 aromatic rings. The van der Waals surface area contributed by atoms with Crippen LogP contribution in [0.15, 0.2) is 74.5 Å². The topological polar surface area (TPSA) is 86.0 Å². The first-order chi connectivity index (χ1) is 15.1. The number of hydrogen-bond acceptors (Lipinski definition) is 6. The Labute approximate surface area is 188 Å². The first kappa shape index (κ1) is 25.1. The number of carbonyl (C=O) groups is 1. The SMILES string of the molecule is CC(=O)O[C@@H](CC=C(C)C)/C(C)=C/[C@H](O)C/C(C)=C/COc1ccc2ccc(=O)oc2c1. The van der Waals surface area contributed by atoms with Gasteiger partial charge in [-0.3, -0.25) is 4.79 Å². The zero-order chi connectivity index (χ0) is 23.7. The van der Waals surface area contributed by atoms with E-state index in [4.69, 9.17) is 13.9 Å². The van der Waals surface area contributed by atoms with Crippen LogP contribution < -0.4 is 10.4 Å². The molecule has 2 rings (SSSR count). The van der Waals surface area contributed by atoms with Gasteiger partial charge in [-0.2, -0.15) is 0 Å². The largest absolute Gasteiger partial charge is 0.489 e. The summed E-state index contributed by atoms with van der Waals surface area (Å²) >= 11 is 0. The van der Waals surface area contributed by atoms with Crippen molar-refractivity contribution in [3.63, 3.8) is 0 Å². The van der Waals surface area contributed by atoms with Gasteiger partial charge >= 0.3 is 11.6 Å². The molecule has 6 nitrogen and oxygen atoms in total. The molecule has 172 valence electrons. The molecule has 1 aromatic heterocycles. The second-order valence-corrected chi connectivity index (χ2v) is 8.11. The Hall–Kier alpha value is -3.12. The monoisotopic (exact) mass is 440 g/mol. The van der Waals surface area contributed by atoms with Crippen LogP contribution in [0.5, 0.6) is 5.75 Å². The fraction of sp³-hybridized carbons (Fsp3) is 0.385. The minimum absolute atomic E-state index is 0.320. The van der Waals surface area contributed by atoms with Gasteiger partial charge in [0.25, 0.3) is 0 Å². The highest BCUT2D eigenvalue weighted by molar-refractivity contribution is 5.77. The second-order valence-electron chi connectivity index (χ2n) is 8.11. The lowest BCUT2D eigenvalue weighted by Crippen LogP contribution is -2.19. The van der Waals surface area contributed by atoms with E-state index in [1.54, 1.807) is 18.2 Å². The highest BCUT2D eigenvalue weighted by Crippen LogP contribution is 2.20. The summed E-state index contributed by atoms with van der Waals surface area (Å²) in [6.07, 6.45) is 5.55. The van der Waals surface area contributed by atoms with Crippen molar-refractivity contribution in [1.29, 1.82) is 0 Å². The van der Waals surface area contributed by atoms with Crippen LogP contribution in [0.25, 0.3) is 11.0 Å². The third-order valence-corrected chi connectivity index (χ3v) is 4.82. The molecule has 1 heterocycles. The zero-order valence-electron chi connectivity index (χ0n) is 19.4. The van der Waals surface area contributed by atoms with Crippen molar-refractivity contribution in [2.24, 2.45) is 0 Å². The maximum atomic E-state index is 11.4. The number of carbonyl (C=O) groups excluding carboxylic acids is 1. The van der Waals surface area contributed by atoms with E-state index < -0.39 is 17.8 Å². The van der Waals surface area contributed by atoms with Crippen LogP contribution in [0.4, 0.5) is 0 Å². The van der Waals surface area contributed by atoms with Crippen LogP contribution in [-0.2, 0) is 9.53 Å². The van der Waals surface area contributed by atoms with Crippen molar-refractivity contribution in [2.75, 3.05) is 6.61 Å². The number of benzene rings is 1. The summed E-state index contributed by atoms with van der Waals surface area (Å²) in [6.45, 7) is 9.46. The quantitative estimate of drug-likeness (QED) is 0.314. The third kappa shape index (κ3) is 8.55. The number of esters is 1. The number of hydrogen-bond donors (Lipinski definition) is 1. The summed E-state index contributed by atoms with van der Waals surface area (Å²) in [5.41, 5.74) is 2.98. The van der Waals surface area contributed by atoms with E-state index in [0.29, 0.717) is 30.8 Å². The standard InChI is InChI=1S/C26H32O6/c1-17(2)6-10-24(31-20(5)27)19(4)15-22(28)14-18(3)12-13-30-23-9-7-21-8-11-26(29)32-25(21)16-23/h6-9,11-12,15-16,22,24,28H,10,13-14H2,1-5H3/b18-12+,19-15+/t22-,24+/m1/s1. The lowest BCUT2D eigenvalue weighted by molar-refractivity contribution is -0.144. The Morgan fingerprint density at radius 1 is 1.09 bits per heavy atom. The van der Waals surface area contributed by atoms with Crippen molar-refractivity contribution in [2.45, 2.75) is 59.7 Å². The smallest absolute Gasteiger partial charge is 0.336 e. The lowest BCUT2D eigenvalue weighted by Gasteiger charge is -2.18. The molecule has 0 unspecified atom stereocenters. The van der Waals surface area contributed by atoms with Crippen LogP contribution in [0.3, 0.4) is 0 Å². The molecule has 0 amide bonds. The summed E-state index contributed by atoms with van der Waals surface area (Å²) in [5.74, 6) is 0.247. The van der Waals surface area contributed by atoms with Gasteiger partial charge in [-0.1, -0.05) is 23.3 Å². The van der Waals surface area contributed by atoms with Gasteiger partial charge in [-0.05, 0) is 64.0 Å². The summed E-state index contributed by atoms with van der Waals surface area (Å²) in [4.78, 5) is 22.8. The molecule has 0 bridgehead atoms. The first-order valence-electron chi connectivity index (χ1n) is 10.6. The Bertz CT molecular complexity index is 1070. The maximum Gasteiger partial charge on any atom is 0.336 e. The number of allylic oxidation sites excluding steroid dienone is 1. The average molecular weight is 441 g/mol. The van der Waals surface area contributed by atoms with Crippen LogP contribution in [0.1, 0.15) is 47.5 Å². The number of fused-ring (bicyclic) bond motifs is 1. The Balaban J connectivity index is 1.95. The van der Waals surface area contributed by atoms with Crippen LogP contribution in [0, 0.1) is 0 Å². The van der Waals surface area contributed by atoms with Gasteiger partial charge in [-0.25, -0.2) is 4.79 Å². The van der Waals surface area contributed by atoms with E-state index in [9.17, 15) is 14.7 Å². The minimum atomic E-state index is -0.703. The molecular weight excluding hydrogens is 408 g/mol. The molecule has 0 aliphatic carbocycles. The first-order valence-corrected chi connectivity index (χ1v) is 10.6. The number of aliphatic hydroxyl groups is 1. The highest BCUT2D eigenvalue weighted by Gasteiger charge is 2.14. The number of rotatable bonds is 10. The molecular formula is C26H32O6. The van der Waals surface area contributed by atoms with E-state index in [1.165, 1.54) is 13.0 Å². The van der Waals surface area contributed by atoms with Crippen LogP contribution in [-0.4, -0.2) is 29.9 Å². The van der Waals surface area contributed by atoms with Gasteiger partial charge in [0.2, 0.25) is 0 Å². The molecule has 32 heavy (non-hydrogen) atoms. The summed E-state index contributed by atoms with van der Waals surface area (Å²) < 4.78 is 16.3. The molecule has 0 saturated heterocycles. The van der Waals surface area contributed by atoms with Crippen molar-refractivity contribution in [3.05, 3.63) is 75.7 Å². The van der Waals surface area contributed by atoms with Gasteiger partial charge in [0.05, 0.1) is 6.10 Å². The lowest BCUT2D eigenvalue weighted by atomic mass is 10.0. The molecule has 2 atom stereocenters. The van der Waals surface area contributed by atoms with Crippen LogP contribution in [0.2, 0.25) is 0 Å². The molecule has 0 aliphatic heterocycles. The fourth-order valence-electron chi connectivity index (χ4n) is 3.16. The average Bonchev–Trinajstić information content (AvgIpc) is 2.70. The summed E-state index contributed by atoms with van der Waals surface area (Å²) in [6, 6.07) is 8.41. The Kier molecular flexibility index (Phi) is 9.47. The molecule has 1 aromatic carbocycles. The van der Waals surface area contributed by atoms with E-state index in [-0.39, 0.29) is 5.97 Å². The van der Waals surface area contributed by atoms with Gasteiger partial charge in [-0.15, -0.1) is 0 Å². The number of aliphatic hydroxyl groups excluding tert-OH is 1. The molecule has 0 aliphatic rings. The summed E-state index contributed by atoms with van der Waals surface area (Å²) in [7, 11) is 0. The minimum Gasteiger partial charge on any atom is -0.489 e. The van der Waals surface area contributed by atoms with Crippen molar-refractivity contribution in [3.8, 4) is 5.75 Å². The normalized spacial score (nSPS) is 14.1.